The number of ether oxygens (including phenoxy) is 3. The number of esters is 1. The van der Waals surface area contributed by atoms with Crippen LogP contribution in [-0.4, -0.2) is 31.9 Å². The van der Waals surface area contributed by atoms with E-state index in [1.54, 1.807) is 31.2 Å². The zero-order valence-corrected chi connectivity index (χ0v) is 12.9. The van der Waals surface area contributed by atoms with Gasteiger partial charge in [-0.05, 0) is 24.1 Å². The third-order valence-electron chi connectivity index (χ3n) is 3.12. The molecule has 1 unspecified atom stereocenters. The molecule has 0 bridgehead atoms. The maximum absolute atomic E-state index is 12.0. The van der Waals surface area contributed by atoms with E-state index < -0.39 is 0 Å². The third-order valence-corrected chi connectivity index (χ3v) is 3.12. The average molecular weight is 294 g/mol. The standard InChI is InChI=1S/C16H22O5/c1-5-11(2)16(18)21-15-13(19-3)9-12(7-6-8-17)10-14(15)20-4/h6-7,9-11,17H,5,8H2,1-4H3. The van der Waals surface area contributed by atoms with E-state index in [1.807, 2.05) is 6.92 Å². The van der Waals surface area contributed by atoms with E-state index in [4.69, 9.17) is 19.3 Å². The van der Waals surface area contributed by atoms with Gasteiger partial charge in [0.05, 0.1) is 26.7 Å². The first-order chi connectivity index (χ1) is 10.1. The summed E-state index contributed by atoms with van der Waals surface area (Å²) in [5.41, 5.74) is 0.779. The number of rotatable bonds is 7. The van der Waals surface area contributed by atoms with E-state index in [-0.39, 0.29) is 24.2 Å². The highest BCUT2D eigenvalue weighted by atomic mass is 16.6. The normalized spacial score (nSPS) is 12.2. The van der Waals surface area contributed by atoms with Crippen LogP contribution in [-0.2, 0) is 4.79 Å². The van der Waals surface area contributed by atoms with Crippen molar-refractivity contribution in [2.45, 2.75) is 20.3 Å². The first-order valence-electron chi connectivity index (χ1n) is 6.82. The molecule has 0 aromatic heterocycles. The van der Waals surface area contributed by atoms with Crippen LogP contribution in [0.1, 0.15) is 25.8 Å². The van der Waals surface area contributed by atoms with Gasteiger partial charge in [0.15, 0.2) is 11.5 Å². The molecular formula is C16H22O5. The van der Waals surface area contributed by atoms with Gasteiger partial charge in [-0.2, -0.15) is 0 Å². The minimum absolute atomic E-state index is 0.0601. The maximum Gasteiger partial charge on any atom is 0.314 e. The number of carbonyl (C=O) groups is 1. The summed E-state index contributed by atoms with van der Waals surface area (Å²) >= 11 is 0. The first-order valence-corrected chi connectivity index (χ1v) is 6.82. The highest BCUT2D eigenvalue weighted by Crippen LogP contribution is 2.39. The summed E-state index contributed by atoms with van der Waals surface area (Å²) in [6.07, 6.45) is 4.02. The van der Waals surface area contributed by atoms with Crippen molar-refractivity contribution in [2.24, 2.45) is 5.92 Å². The van der Waals surface area contributed by atoms with Crippen LogP contribution in [0.2, 0.25) is 0 Å². The summed E-state index contributed by atoms with van der Waals surface area (Å²) in [7, 11) is 2.99. The molecule has 0 aliphatic carbocycles. The molecular weight excluding hydrogens is 272 g/mol. The van der Waals surface area contributed by atoms with Crippen LogP contribution >= 0.6 is 0 Å². The molecule has 0 amide bonds. The lowest BCUT2D eigenvalue weighted by Gasteiger charge is -2.16. The highest BCUT2D eigenvalue weighted by molar-refractivity contribution is 5.77. The summed E-state index contributed by atoms with van der Waals surface area (Å²) in [4.78, 5) is 12.0. The van der Waals surface area contributed by atoms with Crippen molar-refractivity contribution in [3.05, 3.63) is 23.8 Å². The van der Waals surface area contributed by atoms with Crippen LogP contribution in [0.25, 0.3) is 6.08 Å². The minimum atomic E-state index is -0.326. The molecule has 0 saturated heterocycles. The molecule has 21 heavy (non-hydrogen) atoms. The lowest BCUT2D eigenvalue weighted by molar-refractivity contribution is -0.138. The summed E-state index contributed by atoms with van der Waals surface area (Å²) in [5.74, 6) is 0.555. The Morgan fingerprint density at radius 2 is 1.86 bits per heavy atom. The second kappa shape index (κ2) is 8.32. The van der Waals surface area contributed by atoms with E-state index in [0.29, 0.717) is 17.9 Å². The van der Waals surface area contributed by atoms with Gasteiger partial charge in [0.1, 0.15) is 0 Å². The molecule has 116 valence electrons. The van der Waals surface area contributed by atoms with E-state index in [0.717, 1.165) is 5.56 Å². The van der Waals surface area contributed by atoms with Gasteiger partial charge in [0.25, 0.3) is 0 Å². The Labute approximate surface area is 125 Å². The fourth-order valence-electron chi connectivity index (χ4n) is 1.65. The van der Waals surface area contributed by atoms with E-state index in [1.165, 1.54) is 14.2 Å². The summed E-state index contributed by atoms with van der Waals surface area (Å²) < 4.78 is 15.9. The van der Waals surface area contributed by atoms with Crippen molar-refractivity contribution in [3.63, 3.8) is 0 Å². The Balaban J connectivity index is 3.17. The van der Waals surface area contributed by atoms with Gasteiger partial charge >= 0.3 is 5.97 Å². The van der Waals surface area contributed by atoms with Crippen LogP contribution in [0.5, 0.6) is 17.2 Å². The molecule has 0 aliphatic heterocycles. The van der Waals surface area contributed by atoms with E-state index in [2.05, 4.69) is 0 Å². The Kier molecular flexibility index (Phi) is 6.75. The predicted octanol–water partition coefficient (Wildman–Crippen LogP) is 2.66. The van der Waals surface area contributed by atoms with Crippen molar-refractivity contribution >= 4 is 12.0 Å². The van der Waals surface area contributed by atoms with Gasteiger partial charge in [-0.15, -0.1) is 0 Å². The Bertz CT molecular complexity index is 482. The number of benzene rings is 1. The number of hydrogen-bond acceptors (Lipinski definition) is 5. The van der Waals surface area contributed by atoms with Gasteiger partial charge in [0.2, 0.25) is 5.75 Å². The Hall–Kier alpha value is -2.01. The molecule has 0 spiro atoms. The molecule has 5 nitrogen and oxygen atoms in total. The van der Waals surface area contributed by atoms with Crippen LogP contribution in [0.4, 0.5) is 0 Å². The highest BCUT2D eigenvalue weighted by Gasteiger charge is 2.20. The zero-order valence-electron chi connectivity index (χ0n) is 12.9. The Morgan fingerprint density at radius 1 is 1.29 bits per heavy atom. The van der Waals surface area contributed by atoms with Crippen molar-refractivity contribution in [2.75, 3.05) is 20.8 Å². The van der Waals surface area contributed by atoms with Crippen LogP contribution < -0.4 is 14.2 Å². The van der Waals surface area contributed by atoms with Gasteiger partial charge in [-0.3, -0.25) is 4.79 Å². The number of hydrogen-bond donors (Lipinski definition) is 1. The number of carbonyl (C=O) groups excluding carboxylic acids is 1. The largest absolute Gasteiger partial charge is 0.493 e. The topological polar surface area (TPSA) is 65.0 Å². The molecule has 1 atom stereocenters. The summed E-state index contributed by atoms with van der Waals surface area (Å²) in [5, 5.41) is 8.82. The van der Waals surface area contributed by atoms with Crippen molar-refractivity contribution in [1.82, 2.24) is 0 Å². The molecule has 5 heteroatoms. The molecule has 0 aliphatic rings. The van der Waals surface area contributed by atoms with Crippen molar-refractivity contribution in [1.29, 1.82) is 0 Å². The molecule has 0 radical (unpaired) electrons. The molecule has 1 N–H and O–H groups in total. The van der Waals surface area contributed by atoms with E-state index in [9.17, 15) is 4.79 Å². The first kappa shape index (κ1) is 17.0. The van der Waals surface area contributed by atoms with Crippen LogP contribution in [0.3, 0.4) is 0 Å². The van der Waals surface area contributed by atoms with Crippen molar-refractivity contribution < 1.29 is 24.1 Å². The lowest BCUT2D eigenvalue weighted by Crippen LogP contribution is -2.17. The molecule has 1 aromatic rings. The fraction of sp³-hybridized carbons (Fsp3) is 0.438. The maximum atomic E-state index is 12.0. The number of aliphatic hydroxyl groups excluding tert-OH is 1. The lowest BCUT2D eigenvalue weighted by atomic mass is 10.1. The Morgan fingerprint density at radius 3 is 2.29 bits per heavy atom. The summed E-state index contributed by atoms with van der Waals surface area (Å²) in [6.45, 7) is 3.66. The van der Waals surface area contributed by atoms with Crippen molar-refractivity contribution in [3.8, 4) is 17.2 Å². The summed E-state index contributed by atoms with van der Waals surface area (Å²) in [6, 6.07) is 3.43. The van der Waals surface area contributed by atoms with E-state index >= 15 is 0 Å². The second-order valence-electron chi connectivity index (χ2n) is 4.57. The van der Waals surface area contributed by atoms with Crippen LogP contribution in [0, 0.1) is 5.92 Å². The quantitative estimate of drug-likeness (QED) is 0.618. The van der Waals surface area contributed by atoms with Crippen LogP contribution in [0.15, 0.2) is 18.2 Å². The number of aliphatic hydroxyl groups is 1. The average Bonchev–Trinajstić information content (AvgIpc) is 2.52. The fourth-order valence-corrected chi connectivity index (χ4v) is 1.65. The van der Waals surface area contributed by atoms with Gasteiger partial charge in [-0.25, -0.2) is 0 Å². The molecule has 0 heterocycles. The zero-order chi connectivity index (χ0) is 15.8. The van der Waals surface area contributed by atoms with Gasteiger partial charge in [0, 0.05) is 0 Å². The monoisotopic (exact) mass is 294 g/mol. The predicted molar refractivity (Wildman–Crippen MR) is 80.8 cm³/mol. The molecule has 1 aromatic carbocycles. The minimum Gasteiger partial charge on any atom is -0.493 e. The third kappa shape index (κ3) is 4.49. The van der Waals surface area contributed by atoms with Gasteiger partial charge in [-0.1, -0.05) is 26.0 Å². The smallest absolute Gasteiger partial charge is 0.314 e. The number of methoxy groups -OCH3 is 2. The molecule has 0 saturated carbocycles. The molecule has 0 fully saturated rings. The second-order valence-corrected chi connectivity index (χ2v) is 4.57. The SMILES string of the molecule is CCC(C)C(=O)Oc1c(OC)cc(C=CCO)cc1OC. The molecule has 1 rings (SSSR count). The van der Waals surface area contributed by atoms with Gasteiger partial charge < -0.3 is 19.3 Å².